The molecule has 0 saturated carbocycles. The molecule has 0 spiro atoms. The fourth-order valence-corrected chi connectivity index (χ4v) is 3.59. The smallest absolute Gasteiger partial charge is 0.140 e. The van der Waals surface area contributed by atoms with Crippen molar-refractivity contribution in [3.63, 3.8) is 0 Å². The molecule has 0 unspecified atom stereocenters. The van der Waals surface area contributed by atoms with E-state index in [9.17, 15) is 0 Å². The zero-order valence-corrected chi connectivity index (χ0v) is 16.2. The summed E-state index contributed by atoms with van der Waals surface area (Å²) in [6.45, 7) is 5.10. The minimum atomic E-state index is 0. The molecule has 3 aromatic rings. The van der Waals surface area contributed by atoms with Crippen molar-refractivity contribution in [3.8, 4) is 0 Å². The van der Waals surface area contributed by atoms with Gasteiger partial charge >= 0.3 is 0 Å². The molecule has 1 fully saturated rings. The Kier molecular flexibility index (Phi) is 5.89. The monoisotopic (exact) mass is 418 g/mol. The second kappa shape index (κ2) is 8.13. The van der Waals surface area contributed by atoms with Crippen molar-refractivity contribution >= 4 is 45.1 Å². The molecule has 25 heavy (non-hydrogen) atoms. The van der Waals surface area contributed by atoms with E-state index < -0.39 is 0 Å². The molecule has 130 valence electrons. The molecule has 4 rings (SSSR count). The van der Waals surface area contributed by atoms with Gasteiger partial charge in [0.05, 0.1) is 5.52 Å². The SMILES string of the molecule is Brc1ccc2ncnc(N3CCN(Cc4ccccc4)CC3)c2c1.Cl. The third kappa shape index (κ3) is 4.11. The van der Waals surface area contributed by atoms with E-state index in [0.717, 1.165) is 53.9 Å². The van der Waals surface area contributed by atoms with Gasteiger partial charge in [0, 0.05) is 42.6 Å². The van der Waals surface area contributed by atoms with Gasteiger partial charge in [-0.25, -0.2) is 9.97 Å². The van der Waals surface area contributed by atoms with E-state index in [1.807, 2.05) is 12.1 Å². The summed E-state index contributed by atoms with van der Waals surface area (Å²) < 4.78 is 1.06. The van der Waals surface area contributed by atoms with Crippen LogP contribution < -0.4 is 4.90 Å². The lowest BCUT2D eigenvalue weighted by atomic mass is 10.2. The first kappa shape index (κ1) is 18.1. The maximum Gasteiger partial charge on any atom is 0.140 e. The van der Waals surface area contributed by atoms with E-state index in [2.05, 4.69) is 72.1 Å². The summed E-state index contributed by atoms with van der Waals surface area (Å²) in [5.41, 5.74) is 2.37. The van der Waals surface area contributed by atoms with Crippen LogP contribution in [0.3, 0.4) is 0 Å². The number of piperazine rings is 1. The van der Waals surface area contributed by atoms with Crippen LogP contribution in [0.15, 0.2) is 59.3 Å². The van der Waals surface area contributed by atoms with Gasteiger partial charge in [-0.05, 0) is 23.8 Å². The van der Waals surface area contributed by atoms with Gasteiger partial charge in [-0.2, -0.15) is 0 Å². The molecule has 0 N–H and O–H groups in total. The molecule has 1 aliphatic heterocycles. The molecule has 0 amide bonds. The molecule has 6 heteroatoms. The van der Waals surface area contributed by atoms with Crippen LogP contribution in [0, 0.1) is 0 Å². The fraction of sp³-hybridized carbons (Fsp3) is 0.263. The number of hydrogen-bond donors (Lipinski definition) is 0. The van der Waals surface area contributed by atoms with Crippen molar-refractivity contribution in [2.24, 2.45) is 0 Å². The maximum absolute atomic E-state index is 4.56. The van der Waals surface area contributed by atoms with E-state index in [-0.39, 0.29) is 12.4 Å². The van der Waals surface area contributed by atoms with Gasteiger partial charge in [0.2, 0.25) is 0 Å². The van der Waals surface area contributed by atoms with Crippen LogP contribution in [0.4, 0.5) is 5.82 Å². The third-order valence-electron chi connectivity index (χ3n) is 4.50. The van der Waals surface area contributed by atoms with Crippen LogP contribution >= 0.6 is 28.3 Å². The number of nitrogens with zero attached hydrogens (tertiary/aromatic N) is 4. The van der Waals surface area contributed by atoms with Crippen LogP contribution in [-0.4, -0.2) is 41.0 Å². The van der Waals surface area contributed by atoms with Crippen molar-refractivity contribution in [3.05, 3.63) is 64.9 Å². The van der Waals surface area contributed by atoms with Gasteiger partial charge in [-0.3, -0.25) is 4.90 Å². The van der Waals surface area contributed by atoms with Gasteiger partial charge in [0.25, 0.3) is 0 Å². The average Bonchev–Trinajstić information content (AvgIpc) is 2.63. The summed E-state index contributed by atoms with van der Waals surface area (Å²) in [6, 6.07) is 16.9. The van der Waals surface area contributed by atoms with Gasteiger partial charge in [-0.15, -0.1) is 12.4 Å². The number of benzene rings is 2. The summed E-state index contributed by atoms with van der Waals surface area (Å²) in [6.07, 6.45) is 1.67. The second-order valence-electron chi connectivity index (χ2n) is 6.11. The second-order valence-corrected chi connectivity index (χ2v) is 7.02. The molecule has 2 aromatic carbocycles. The zero-order valence-electron chi connectivity index (χ0n) is 13.8. The van der Waals surface area contributed by atoms with E-state index in [1.165, 1.54) is 5.56 Å². The predicted octanol–water partition coefficient (Wildman–Crippen LogP) is 4.14. The molecule has 2 heterocycles. The molecule has 1 aromatic heterocycles. The van der Waals surface area contributed by atoms with Crippen LogP contribution in [0.2, 0.25) is 0 Å². The maximum atomic E-state index is 4.56. The Morgan fingerprint density at radius 1 is 0.920 bits per heavy atom. The summed E-state index contributed by atoms with van der Waals surface area (Å²) in [4.78, 5) is 13.8. The first-order valence-electron chi connectivity index (χ1n) is 8.21. The van der Waals surface area contributed by atoms with Gasteiger partial charge in [0.15, 0.2) is 0 Å². The normalized spacial score (nSPS) is 15.2. The average molecular weight is 420 g/mol. The molecular weight excluding hydrogens is 400 g/mol. The van der Waals surface area contributed by atoms with Crippen molar-refractivity contribution in [2.75, 3.05) is 31.1 Å². The van der Waals surface area contributed by atoms with Gasteiger partial charge in [0.1, 0.15) is 12.1 Å². The number of fused-ring (bicyclic) bond motifs is 1. The highest BCUT2D eigenvalue weighted by Gasteiger charge is 2.20. The highest BCUT2D eigenvalue weighted by Crippen LogP contribution is 2.26. The highest BCUT2D eigenvalue weighted by atomic mass is 79.9. The lowest BCUT2D eigenvalue weighted by Crippen LogP contribution is -2.46. The Morgan fingerprint density at radius 3 is 2.44 bits per heavy atom. The Morgan fingerprint density at radius 2 is 1.68 bits per heavy atom. The molecule has 0 bridgehead atoms. The third-order valence-corrected chi connectivity index (χ3v) is 4.99. The molecule has 0 aliphatic carbocycles. The molecule has 4 nitrogen and oxygen atoms in total. The van der Waals surface area contributed by atoms with Crippen LogP contribution in [0.25, 0.3) is 10.9 Å². The topological polar surface area (TPSA) is 32.3 Å². The molecule has 0 atom stereocenters. The number of hydrogen-bond acceptors (Lipinski definition) is 4. The van der Waals surface area contributed by atoms with E-state index in [0.29, 0.717) is 0 Å². The summed E-state index contributed by atoms with van der Waals surface area (Å²) >= 11 is 3.55. The largest absolute Gasteiger partial charge is 0.353 e. The lowest BCUT2D eigenvalue weighted by Gasteiger charge is -2.35. The van der Waals surface area contributed by atoms with E-state index in [4.69, 9.17) is 0 Å². The Balaban J connectivity index is 0.00000182. The number of halogens is 2. The van der Waals surface area contributed by atoms with Crippen molar-refractivity contribution in [1.29, 1.82) is 0 Å². The summed E-state index contributed by atoms with van der Waals surface area (Å²) in [5.74, 6) is 1.04. The first-order valence-corrected chi connectivity index (χ1v) is 9.00. The number of aromatic nitrogens is 2. The van der Waals surface area contributed by atoms with E-state index >= 15 is 0 Å². The lowest BCUT2D eigenvalue weighted by molar-refractivity contribution is 0.249. The van der Waals surface area contributed by atoms with Crippen LogP contribution in [-0.2, 0) is 6.54 Å². The quantitative estimate of drug-likeness (QED) is 0.639. The Bertz CT molecular complexity index is 835. The van der Waals surface area contributed by atoms with Crippen molar-refractivity contribution < 1.29 is 0 Å². The van der Waals surface area contributed by atoms with Gasteiger partial charge in [-0.1, -0.05) is 46.3 Å². The summed E-state index contributed by atoms with van der Waals surface area (Å²) in [7, 11) is 0. The minimum Gasteiger partial charge on any atom is -0.353 e. The van der Waals surface area contributed by atoms with Crippen LogP contribution in [0.1, 0.15) is 5.56 Å². The molecular formula is C19H20BrClN4. The van der Waals surface area contributed by atoms with Crippen LogP contribution in [0.5, 0.6) is 0 Å². The zero-order chi connectivity index (χ0) is 16.4. The molecule has 1 saturated heterocycles. The van der Waals surface area contributed by atoms with E-state index in [1.54, 1.807) is 6.33 Å². The van der Waals surface area contributed by atoms with Crippen molar-refractivity contribution in [2.45, 2.75) is 6.54 Å². The predicted molar refractivity (Wildman–Crippen MR) is 108 cm³/mol. The Hall–Kier alpha value is -1.69. The molecule has 0 radical (unpaired) electrons. The number of rotatable bonds is 3. The van der Waals surface area contributed by atoms with Gasteiger partial charge < -0.3 is 4.90 Å². The highest BCUT2D eigenvalue weighted by molar-refractivity contribution is 9.10. The standard InChI is InChI=1S/C19H19BrN4.ClH/c20-16-6-7-18-17(12-16)19(22-14-21-18)24-10-8-23(9-11-24)13-15-4-2-1-3-5-15;/h1-7,12,14H,8-11,13H2;1H. The minimum absolute atomic E-state index is 0. The first-order chi connectivity index (χ1) is 11.8. The fourth-order valence-electron chi connectivity index (χ4n) is 3.23. The molecule has 1 aliphatic rings. The van der Waals surface area contributed by atoms with Crippen molar-refractivity contribution in [1.82, 2.24) is 14.9 Å². The summed E-state index contributed by atoms with van der Waals surface area (Å²) in [5, 5.41) is 1.11. The Labute approximate surface area is 162 Å². The number of anilines is 1.